The summed E-state index contributed by atoms with van der Waals surface area (Å²) in [5, 5.41) is 10.2. The van der Waals surface area contributed by atoms with Crippen molar-refractivity contribution in [2.45, 2.75) is 83.5 Å². The molecule has 0 aromatic heterocycles. The maximum atomic E-state index is 10.2. The van der Waals surface area contributed by atoms with E-state index in [1.165, 1.54) is 44.9 Å². The van der Waals surface area contributed by atoms with E-state index in [0.717, 1.165) is 49.7 Å². The third kappa shape index (κ3) is 2.04. The molecule has 1 spiro atoms. The fourth-order valence-electron chi connectivity index (χ4n) is 8.72. The van der Waals surface area contributed by atoms with E-state index >= 15 is 0 Å². The van der Waals surface area contributed by atoms with Crippen LogP contribution in [0, 0.1) is 34.5 Å². The van der Waals surface area contributed by atoms with Crippen molar-refractivity contribution in [1.29, 1.82) is 0 Å². The van der Waals surface area contributed by atoms with E-state index in [1.807, 2.05) is 0 Å². The van der Waals surface area contributed by atoms with Gasteiger partial charge in [0.15, 0.2) is 0 Å². The lowest BCUT2D eigenvalue weighted by molar-refractivity contribution is -0.196. The van der Waals surface area contributed by atoms with E-state index in [4.69, 9.17) is 4.74 Å². The highest BCUT2D eigenvalue weighted by atomic mass is 16.5. The fraction of sp³-hybridized carbons (Fsp3) is 1.00. The molecule has 4 saturated carbocycles. The molecule has 3 heteroatoms. The second kappa shape index (κ2) is 5.45. The fourth-order valence-corrected chi connectivity index (χ4v) is 8.72. The lowest BCUT2D eigenvalue weighted by Crippen LogP contribution is -2.59. The van der Waals surface area contributed by atoms with Crippen LogP contribution in [0.25, 0.3) is 0 Å². The van der Waals surface area contributed by atoms with Gasteiger partial charge in [-0.15, -0.1) is 0 Å². The molecule has 5 rings (SSSR count). The van der Waals surface area contributed by atoms with Crippen molar-refractivity contribution in [3.05, 3.63) is 0 Å². The Bertz CT molecular complexity index is 552. The molecule has 0 aromatic rings. The van der Waals surface area contributed by atoms with Crippen LogP contribution in [0.5, 0.6) is 0 Å². The van der Waals surface area contributed by atoms with E-state index in [1.54, 1.807) is 0 Å². The number of aliphatic hydroxyl groups excluding tert-OH is 1. The number of hydrogen-bond donors (Lipinski definition) is 1. The van der Waals surface area contributed by atoms with Gasteiger partial charge in [-0.2, -0.15) is 0 Å². The van der Waals surface area contributed by atoms with Gasteiger partial charge in [-0.3, -0.25) is 4.90 Å². The molecule has 142 valence electrons. The van der Waals surface area contributed by atoms with Gasteiger partial charge in [-0.1, -0.05) is 13.8 Å². The lowest BCUT2D eigenvalue weighted by Gasteiger charge is -2.62. The van der Waals surface area contributed by atoms with Gasteiger partial charge in [0.1, 0.15) is 5.72 Å². The average molecular weight is 348 g/mol. The lowest BCUT2D eigenvalue weighted by atomic mass is 9.44. The average Bonchev–Trinajstić information content (AvgIpc) is 3.10. The summed E-state index contributed by atoms with van der Waals surface area (Å²) in [6.07, 6.45) is 11.4. The van der Waals surface area contributed by atoms with Crippen LogP contribution in [-0.2, 0) is 4.74 Å². The van der Waals surface area contributed by atoms with Crippen LogP contribution < -0.4 is 0 Å². The Balaban J connectivity index is 1.46. The first-order valence-electron chi connectivity index (χ1n) is 10.9. The van der Waals surface area contributed by atoms with Gasteiger partial charge in [0.05, 0.1) is 12.7 Å². The molecule has 25 heavy (non-hydrogen) atoms. The topological polar surface area (TPSA) is 32.7 Å². The molecule has 3 nitrogen and oxygen atoms in total. The molecular weight excluding hydrogens is 310 g/mol. The van der Waals surface area contributed by atoms with Gasteiger partial charge in [-0.05, 0) is 93.9 Å². The summed E-state index contributed by atoms with van der Waals surface area (Å²) in [4.78, 5) is 2.55. The first kappa shape index (κ1) is 17.0. The zero-order chi connectivity index (χ0) is 17.4. The Morgan fingerprint density at radius 2 is 1.76 bits per heavy atom. The highest BCUT2D eigenvalue weighted by Gasteiger charge is 2.67. The third-order valence-corrected chi connectivity index (χ3v) is 10.1. The molecule has 1 aliphatic heterocycles. The molecule has 0 unspecified atom stereocenters. The number of hydrogen-bond acceptors (Lipinski definition) is 3. The molecule has 1 heterocycles. The number of fused-ring (bicyclic) bond motifs is 6. The Kier molecular flexibility index (Phi) is 3.71. The van der Waals surface area contributed by atoms with Gasteiger partial charge in [0.25, 0.3) is 0 Å². The summed E-state index contributed by atoms with van der Waals surface area (Å²) < 4.78 is 6.50. The molecule has 1 N–H and O–H groups in total. The first-order chi connectivity index (χ1) is 11.9. The summed E-state index contributed by atoms with van der Waals surface area (Å²) >= 11 is 0. The van der Waals surface area contributed by atoms with E-state index in [0.29, 0.717) is 10.8 Å². The number of aliphatic hydroxyl groups is 1. The standard InChI is InChI=1S/C22H37NO2/c1-20-9-6-16(24)14-15(20)4-5-17-18(20)7-10-21(2)19(17)8-11-22(21)23(3)12-13-25-22/h15-19,24H,4-14H2,1-3H3/t15-,16-,17-,18+,19+,20-,21-,22+/m0/s1. The van der Waals surface area contributed by atoms with E-state index in [-0.39, 0.29) is 11.8 Å². The van der Waals surface area contributed by atoms with Crippen molar-refractivity contribution in [1.82, 2.24) is 4.90 Å². The summed E-state index contributed by atoms with van der Waals surface area (Å²) in [6.45, 7) is 7.19. The summed E-state index contributed by atoms with van der Waals surface area (Å²) in [6, 6.07) is 0. The first-order valence-corrected chi connectivity index (χ1v) is 10.9. The number of nitrogens with zero attached hydrogens (tertiary/aromatic N) is 1. The van der Waals surface area contributed by atoms with Crippen LogP contribution in [-0.4, -0.2) is 42.0 Å². The molecule has 5 fully saturated rings. The molecule has 5 aliphatic rings. The van der Waals surface area contributed by atoms with Crippen LogP contribution in [0.4, 0.5) is 0 Å². The third-order valence-electron chi connectivity index (χ3n) is 10.1. The van der Waals surface area contributed by atoms with Gasteiger partial charge in [0.2, 0.25) is 0 Å². The Hall–Kier alpha value is -0.120. The maximum absolute atomic E-state index is 10.2. The maximum Gasteiger partial charge on any atom is 0.127 e. The predicted molar refractivity (Wildman–Crippen MR) is 99.0 cm³/mol. The minimum absolute atomic E-state index is 0.0289. The Morgan fingerprint density at radius 3 is 2.52 bits per heavy atom. The molecule has 0 bridgehead atoms. The number of ether oxygens (including phenoxy) is 1. The molecule has 4 aliphatic carbocycles. The van der Waals surface area contributed by atoms with Crippen LogP contribution in [0.3, 0.4) is 0 Å². The van der Waals surface area contributed by atoms with Crippen molar-refractivity contribution in [3.8, 4) is 0 Å². The van der Waals surface area contributed by atoms with Crippen LogP contribution >= 0.6 is 0 Å². The molecular formula is C22H37NO2. The molecule has 0 amide bonds. The van der Waals surface area contributed by atoms with Crippen molar-refractivity contribution in [3.63, 3.8) is 0 Å². The quantitative estimate of drug-likeness (QED) is 0.717. The molecule has 1 saturated heterocycles. The van der Waals surface area contributed by atoms with Crippen molar-refractivity contribution >= 4 is 0 Å². The summed E-state index contributed by atoms with van der Waals surface area (Å²) in [5.74, 6) is 3.39. The second-order valence-electron chi connectivity index (χ2n) is 10.6. The predicted octanol–water partition coefficient (Wildman–Crippen LogP) is 4.05. The molecule has 0 aromatic carbocycles. The molecule has 8 atom stereocenters. The second-order valence-corrected chi connectivity index (χ2v) is 10.6. The minimum atomic E-state index is -0.0289. The zero-order valence-electron chi connectivity index (χ0n) is 16.5. The summed E-state index contributed by atoms with van der Waals surface area (Å²) in [7, 11) is 2.30. The Labute approximate surface area is 153 Å². The van der Waals surface area contributed by atoms with E-state index in [2.05, 4.69) is 25.8 Å². The van der Waals surface area contributed by atoms with Gasteiger partial charge < -0.3 is 9.84 Å². The number of rotatable bonds is 0. The number of likely N-dealkylation sites (N-methyl/N-ethyl adjacent to an activating group) is 1. The SMILES string of the molecule is CN1CCO[C@@]12CC[C@@H]1[C@H]3CC[C@H]4C[C@@H](O)CC[C@]4(C)[C@@H]3CC[C@@]12C. The molecule has 0 radical (unpaired) electrons. The van der Waals surface area contributed by atoms with E-state index < -0.39 is 0 Å². The van der Waals surface area contributed by atoms with E-state index in [9.17, 15) is 5.11 Å². The normalized spacial score (nSPS) is 58.8. The largest absolute Gasteiger partial charge is 0.393 e. The monoisotopic (exact) mass is 347 g/mol. The highest BCUT2D eigenvalue weighted by molar-refractivity contribution is 5.15. The van der Waals surface area contributed by atoms with Crippen LogP contribution in [0.2, 0.25) is 0 Å². The van der Waals surface area contributed by atoms with Crippen molar-refractivity contribution in [2.75, 3.05) is 20.2 Å². The Morgan fingerprint density at radius 1 is 0.960 bits per heavy atom. The minimum Gasteiger partial charge on any atom is -0.393 e. The van der Waals surface area contributed by atoms with Crippen molar-refractivity contribution in [2.24, 2.45) is 34.5 Å². The van der Waals surface area contributed by atoms with Crippen LogP contribution in [0.1, 0.15) is 71.6 Å². The van der Waals surface area contributed by atoms with Crippen molar-refractivity contribution < 1.29 is 9.84 Å². The van der Waals surface area contributed by atoms with Gasteiger partial charge in [0, 0.05) is 12.0 Å². The van der Waals surface area contributed by atoms with Gasteiger partial charge >= 0.3 is 0 Å². The highest BCUT2D eigenvalue weighted by Crippen LogP contribution is 2.69. The zero-order valence-corrected chi connectivity index (χ0v) is 16.5. The van der Waals surface area contributed by atoms with Gasteiger partial charge in [-0.25, -0.2) is 0 Å². The smallest absolute Gasteiger partial charge is 0.127 e. The van der Waals surface area contributed by atoms with Crippen LogP contribution in [0.15, 0.2) is 0 Å². The summed E-state index contributed by atoms with van der Waals surface area (Å²) in [5.41, 5.74) is 0.863.